The van der Waals surface area contributed by atoms with E-state index >= 15 is 0 Å². The summed E-state index contributed by atoms with van der Waals surface area (Å²) >= 11 is 0. The van der Waals surface area contributed by atoms with Crippen molar-refractivity contribution in [3.05, 3.63) is 71.3 Å². The maximum atomic E-state index is 12.7. The number of hydrogen-bond donors (Lipinski definition) is 5. The summed E-state index contributed by atoms with van der Waals surface area (Å²) in [6, 6.07) is 16.5. The van der Waals surface area contributed by atoms with Crippen molar-refractivity contribution in [1.29, 1.82) is 0 Å². The third-order valence-corrected chi connectivity index (χ3v) is 5.74. The molecule has 2 amide bonds. The van der Waals surface area contributed by atoms with Crippen LogP contribution in [0.4, 0.5) is 26.3 Å². The van der Waals surface area contributed by atoms with E-state index in [1.165, 1.54) is 0 Å². The molecule has 0 unspecified atom stereocenters. The van der Waals surface area contributed by atoms with E-state index in [4.69, 9.17) is 31.3 Å². The second kappa shape index (κ2) is 16.4. The first kappa shape index (κ1) is 36.0. The van der Waals surface area contributed by atoms with Gasteiger partial charge in [-0.3, -0.25) is 19.8 Å². The predicted octanol–water partition coefficient (Wildman–Crippen LogP) is 2.59. The van der Waals surface area contributed by atoms with E-state index in [0.29, 0.717) is 19.5 Å². The van der Waals surface area contributed by atoms with Gasteiger partial charge in [-0.15, -0.1) is 0 Å². The van der Waals surface area contributed by atoms with Crippen molar-refractivity contribution in [3.8, 4) is 0 Å². The lowest BCUT2D eigenvalue weighted by Crippen LogP contribution is -2.50. The highest BCUT2D eigenvalue weighted by molar-refractivity contribution is 6.00. The first-order valence-electron chi connectivity index (χ1n) is 12.2. The molecule has 3 rings (SSSR count). The van der Waals surface area contributed by atoms with Gasteiger partial charge in [-0.05, 0) is 42.5 Å². The molecule has 10 nitrogen and oxygen atoms in total. The molecule has 1 aliphatic heterocycles. The largest absolute Gasteiger partial charge is 0.490 e. The van der Waals surface area contributed by atoms with Crippen molar-refractivity contribution in [2.24, 2.45) is 11.5 Å². The Kier molecular flexibility index (Phi) is 14.1. The van der Waals surface area contributed by atoms with E-state index in [1.54, 1.807) is 0 Å². The molecule has 0 saturated carbocycles. The number of nitrogens with one attached hydrogen (secondary N) is 1. The number of halogens is 6. The molecule has 2 aromatic carbocycles. The minimum atomic E-state index is -5.08. The van der Waals surface area contributed by atoms with Gasteiger partial charge >= 0.3 is 24.3 Å². The summed E-state index contributed by atoms with van der Waals surface area (Å²) < 4.78 is 63.5. The van der Waals surface area contributed by atoms with E-state index < -0.39 is 36.2 Å². The van der Waals surface area contributed by atoms with Crippen LogP contribution < -0.4 is 16.8 Å². The Hall–Kier alpha value is -4.02. The predicted molar refractivity (Wildman–Crippen MR) is 136 cm³/mol. The lowest BCUT2D eigenvalue weighted by molar-refractivity contribution is -0.193. The second-order valence-electron chi connectivity index (χ2n) is 8.86. The summed E-state index contributed by atoms with van der Waals surface area (Å²) in [6.07, 6.45) is -8.11. The van der Waals surface area contributed by atoms with Crippen LogP contribution in [0.5, 0.6) is 0 Å². The smallest absolute Gasteiger partial charge is 0.475 e. The van der Waals surface area contributed by atoms with Crippen LogP contribution in [-0.4, -0.2) is 69.8 Å². The minimum Gasteiger partial charge on any atom is -0.475 e. The molecule has 1 heterocycles. The Morgan fingerprint density at radius 3 is 1.83 bits per heavy atom. The number of nitrogens with zero attached hydrogens (tertiary/aromatic N) is 1. The first-order chi connectivity index (χ1) is 19.5. The lowest BCUT2D eigenvalue weighted by Gasteiger charge is -2.25. The molecule has 232 valence electrons. The van der Waals surface area contributed by atoms with Crippen LogP contribution in [0.25, 0.3) is 0 Å². The fourth-order valence-electron chi connectivity index (χ4n) is 3.70. The Bertz CT molecular complexity index is 1170. The first-order valence-corrected chi connectivity index (χ1v) is 12.2. The van der Waals surface area contributed by atoms with Crippen molar-refractivity contribution in [3.63, 3.8) is 0 Å². The highest BCUT2D eigenvalue weighted by atomic mass is 19.4. The maximum absolute atomic E-state index is 12.7. The quantitative estimate of drug-likeness (QED) is 0.296. The maximum Gasteiger partial charge on any atom is 0.490 e. The molecule has 2 aromatic rings. The molecule has 0 bridgehead atoms. The van der Waals surface area contributed by atoms with Gasteiger partial charge in [0.25, 0.3) is 0 Å². The summed E-state index contributed by atoms with van der Waals surface area (Å²) in [7, 11) is 0. The van der Waals surface area contributed by atoms with E-state index in [2.05, 4.69) is 10.2 Å². The van der Waals surface area contributed by atoms with E-state index in [0.717, 1.165) is 36.1 Å². The second-order valence-corrected chi connectivity index (χ2v) is 8.86. The number of carboxylic acid groups (broad SMARTS) is 2. The number of nitrogens with two attached hydrogens (primary N) is 2. The van der Waals surface area contributed by atoms with Crippen LogP contribution in [0, 0.1) is 0 Å². The average Bonchev–Trinajstić information content (AvgIpc) is 3.37. The van der Waals surface area contributed by atoms with Gasteiger partial charge in [-0.2, -0.15) is 26.3 Å². The van der Waals surface area contributed by atoms with E-state index in [-0.39, 0.29) is 11.9 Å². The number of rotatable bonds is 7. The number of carboxylic acids is 2. The molecule has 16 heteroatoms. The Labute approximate surface area is 236 Å². The number of amides is 2. The van der Waals surface area contributed by atoms with Gasteiger partial charge in [-0.25, -0.2) is 9.59 Å². The van der Waals surface area contributed by atoms with Crippen LogP contribution >= 0.6 is 0 Å². The third-order valence-electron chi connectivity index (χ3n) is 5.74. The van der Waals surface area contributed by atoms with Gasteiger partial charge in [0, 0.05) is 13.1 Å². The molecule has 0 aliphatic carbocycles. The zero-order valence-electron chi connectivity index (χ0n) is 22.0. The standard InChI is InChI=1S/C22H28N4O2.2C2HF3O2/c23-14-17-9-4-5-10-18(17)15-26-12-6-11-20(26)22(28)25-21(27)19(24)13-16-7-2-1-3-8-16;2*3-2(4,5)1(6)7/h1-5,7-10,19-20H,6,11-15,23-24H2,(H,25,27,28);2*(H,6,7)/t19-,20+;;/m1../s1. The molecule has 7 N–H and O–H groups in total. The molecule has 0 aromatic heterocycles. The molecule has 2 atom stereocenters. The number of aliphatic carboxylic acids is 2. The zero-order chi connectivity index (χ0) is 32.1. The number of carbonyl (C=O) groups is 4. The lowest BCUT2D eigenvalue weighted by atomic mass is 10.1. The minimum absolute atomic E-state index is 0.267. The fourth-order valence-corrected chi connectivity index (χ4v) is 3.70. The fraction of sp³-hybridized carbons (Fsp3) is 0.385. The average molecular weight is 609 g/mol. The highest BCUT2D eigenvalue weighted by Crippen LogP contribution is 2.22. The molecular formula is C26H30F6N4O6. The Morgan fingerprint density at radius 2 is 1.36 bits per heavy atom. The summed E-state index contributed by atoms with van der Waals surface area (Å²) in [4.78, 5) is 45.0. The van der Waals surface area contributed by atoms with Crippen LogP contribution in [0.3, 0.4) is 0 Å². The molecular weight excluding hydrogens is 578 g/mol. The number of likely N-dealkylation sites (tertiary alicyclic amines) is 1. The highest BCUT2D eigenvalue weighted by Gasteiger charge is 2.39. The molecule has 0 spiro atoms. The van der Waals surface area contributed by atoms with Crippen LogP contribution in [0.1, 0.15) is 29.5 Å². The number of imide groups is 1. The summed E-state index contributed by atoms with van der Waals surface area (Å²) in [6.45, 7) is 1.94. The van der Waals surface area contributed by atoms with Crippen LogP contribution in [0.2, 0.25) is 0 Å². The van der Waals surface area contributed by atoms with Crippen LogP contribution in [-0.2, 0) is 38.7 Å². The molecule has 1 fully saturated rings. The van der Waals surface area contributed by atoms with E-state index in [9.17, 15) is 35.9 Å². The Morgan fingerprint density at radius 1 is 0.881 bits per heavy atom. The number of benzene rings is 2. The number of hydrogen-bond acceptors (Lipinski definition) is 7. The van der Waals surface area contributed by atoms with Gasteiger partial charge in [0.15, 0.2) is 0 Å². The summed E-state index contributed by atoms with van der Waals surface area (Å²) in [5.41, 5.74) is 15.0. The van der Waals surface area contributed by atoms with Crippen molar-refractivity contribution >= 4 is 23.8 Å². The SMILES string of the molecule is NCc1ccccc1CN1CCC[C@H]1C(=O)NC(=O)[C@H](N)Cc1ccccc1.O=C(O)C(F)(F)F.O=C(O)C(F)(F)F. The molecule has 0 radical (unpaired) electrons. The molecule has 1 saturated heterocycles. The summed E-state index contributed by atoms with van der Waals surface area (Å²) in [5.74, 6) is -6.21. The van der Waals surface area contributed by atoms with Crippen molar-refractivity contribution in [2.45, 2.75) is 56.8 Å². The van der Waals surface area contributed by atoms with Gasteiger partial charge in [-0.1, -0.05) is 54.6 Å². The van der Waals surface area contributed by atoms with Gasteiger partial charge in [0.1, 0.15) is 0 Å². The molecule has 42 heavy (non-hydrogen) atoms. The van der Waals surface area contributed by atoms with Gasteiger partial charge in [0.2, 0.25) is 11.8 Å². The van der Waals surface area contributed by atoms with Crippen molar-refractivity contribution < 1.29 is 55.7 Å². The normalized spacial score (nSPS) is 15.8. The van der Waals surface area contributed by atoms with Crippen LogP contribution in [0.15, 0.2) is 54.6 Å². The van der Waals surface area contributed by atoms with Gasteiger partial charge in [0.05, 0.1) is 12.1 Å². The summed E-state index contributed by atoms with van der Waals surface area (Å²) in [5, 5.41) is 16.8. The molecule has 1 aliphatic rings. The third kappa shape index (κ3) is 12.7. The zero-order valence-corrected chi connectivity index (χ0v) is 22.0. The van der Waals surface area contributed by atoms with Crippen molar-refractivity contribution in [2.75, 3.05) is 6.54 Å². The Balaban J connectivity index is 0.000000522. The number of alkyl halides is 6. The van der Waals surface area contributed by atoms with E-state index in [1.807, 2.05) is 54.6 Å². The monoisotopic (exact) mass is 608 g/mol. The topological polar surface area (TPSA) is 176 Å². The van der Waals surface area contributed by atoms with Crippen molar-refractivity contribution in [1.82, 2.24) is 10.2 Å². The number of carbonyl (C=O) groups excluding carboxylic acids is 2. The van der Waals surface area contributed by atoms with Gasteiger partial charge < -0.3 is 21.7 Å².